The van der Waals surface area contributed by atoms with Gasteiger partial charge in [0.25, 0.3) is 0 Å². The van der Waals surface area contributed by atoms with Crippen molar-refractivity contribution in [2.24, 2.45) is 0 Å². The first-order valence-electron chi connectivity index (χ1n) is 15.9. The highest BCUT2D eigenvalue weighted by molar-refractivity contribution is 6.41. The maximum Gasteiger partial charge on any atom is 0.145 e. The molecule has 2 aromatic carbocycles. The van der Waals surface area contributed by atoms with Crippen LogP contribution in [-0.4, -0.2) is 79.4 Å². The van der Waals surface area contributed by atoms with Crippen LogP contribution in [0.3, 0.4) is 0 Å². The van der Waals surface area contributed by atoms with Crippen molar-refractivity contribution >= 4 is 51.1 Å². The Morgan fingerprint density at radius 3 is 2.26 bits per heavy atom. The van der Waals surface area contributed by atoms with Gasteiger partial charge in [0, 0.05) is 91.6 Å². The van der Waals surface area contributed by atoms with Crippen LogP contribution in [0.5, 0.6) is 17.2 Å². The van der Waals surface area contributed by atoms with Gasteiger partial charge in [-0.15, -0.1) is 0 Å². The Bertz CT molecular complexity index is 1950. The molecule has 1 aliphatic carbocycles. The van der Waals surface area contributed by atoms with E-state index in [0.29, 0.717) is 32.8 Å². The number of benzene rings is 2. The predicted molar refractivity (Wildman–Crippen MR) is 191 cm³/mol. The molecule has 2 fully saturated rings. The molecule has 0 bridgehead atoms. The number of allylic oxidation sites excluding steroid dienone is 1. The topological polar surface area (TPSA) is 76.4 Å². The highest BCUT2D eigenvalue weighted by Crippen LogP contribution is 2.48. The van der Waals surface area contributed by atoms with E-state index in [-0.39, 0.29) is 0 Å². The highest BCUT2D eigenvalue weighted by atomic mass is 35.5. The van der Waals surface area contributed by atoms with Crippen LogP contribution in [0.4, 0.5) is 11.4 Å². The Morgan fingerprint density at radius 1 is 0.872 bits per heavy atom. The predicted octanol–water partition coefficient (Wildman–Crippen LogP) is 7.82. The lowest BCUT2D eigenvalue weighted by atomic mass is 10.0. The van der Waals surface area contributed by atoms with E-state index < -0.39 is 0 Å². The summed E-state index contributed by atoms with van der Waals surface area (Å²) in [7, 11) is 4.84. The maximum atomic E-state index is 6.84. The van der Waals surface area contributed by atoms with Crippen molar-refractivity contribution in [3.63, 3.8) is 0 Å². The molecule has 0 spiro atoms. The minimum absolute atomic E-state index is 0.379. The van der Waals surface area contributed by atoms with Gasteiger partial charge in [-0.25, -0.2) is 4.98 Å². The van der Waals surface area contributed by atoms with Gasteiger partial charge >= 0.3 is 0 Å². The molecule has 5 aromatic rings. The minimum Gasteiger partial charge on any atom is -0.496 e. The smallest absolute Gasteiger partial charge is 0.145 e. The maximum absolute atomic E-state index is 6.84. The highest BCUT2D eigenvalue weighted by Gasteiger charge is 2.32. The first-order valence-corrected chi connectivity index (χ1v) is 16.6. The number of halogens is 2. The van der Waals surface area contributed by atoms with Gasteiger partial charge < -0.3 is 24.4 Å². The summed E-state index contributed by atoms with van der Waals surface area (Å²) in [6.07, 6.45) is 12.4. The zero-order chi connectivity index (χ0) is 32.7. The molecular weight excluding hydrogens is 635 g/mol. The van der Waals surface area contributed by atoms with Crippen molar-refractivity contribution in [1.82, 2.24) is 19.3 Å². The van der Waals surface area contributed by atoms with Crippen molar-refractivity contribution in [2.45, 2.75) is 25.8 Å². The molecule has 11 heteroatoms. The number of ether oxygens (including phenoxy) is 3. The van der Waals surface area contributed by atoms with Gasteiger partial charge in [-0.3, -0.25) is 14.3 Å². The van der Waals surface area contributed by atoms with Crippen LogP contribution in [-0.2, 0) is 0 Å². The Balaban J connectivity index is 1.33. The van der Waals surface area contributed by atoms with Gasteiger partial charge in [0.15, 0.2) is 0 Å². The van der Waals surface area contributed by atoms with Crippen molar-refractivity contribution in [3.8, 4) is 39.6 Å². The molecule has 7 rings (SSSR count). The van der Waals surface area contributed by atoms with Gasteiger partial charge in [-0.05, 0) is 38.0 Å². The molecule has 1 saturated heterocycles. The average molecular weight is 674 g/mol. The number of aromatic nitrogens is 3. The summed E-state index contributed by atoms with van der Waals surface area (Å²) in [5.74, 6) is 1.69. The summed E-state index contributed by atoms with van der Waals surface area (Å²) < 4.78 is 19.1. The molecule has 0 unspecified atom stereocenters. The second kappa shape index (κ2) is 13.1. The van der Waals surface area contributed by atoms with Gasteiger partial charge in [0.1, 0.15) is 22.9 Å². The monoisotopic (exact) mass is 672 g/mol. The summed E-state index contributed by atoms with van der Waals surface area (Å²) in [6.45, 7) is 6.89. The quantitative estimate of drug-likeness (QED) is 0.151. The number of pyridine rings is 2. The molecular formula is C36H38Cl2N6O3. The second-order valence-corrected chi connectivity index (χ2v) is 12.6. The zero-order valence-electron chi connectivity index (χ0n) is 27.0. The molecule has 4 heterocycles. The molecule has 1 aliphatic heterocycles. The van der Waals surface area contributed by atoms with Gasteiger partial charge in [-0.1, -0.05) is 35.4 Å². The molecule has 0 amide bonds. The summed E-state index contributed by atoms with van der Waals surface area (Å²) in [5.41, 5.74) is 6.83. The zero-order valence-corrected chi connectivity index (χ0v) is 28.5. The molecule has 3 aromatic heterocycles. The summed E-state index contributed by atoms with van der Waals surface area (Å²) >= 11 is 13.7. The third-order valence-corrected chi connectivity index (χ3v) is 9.90. The van der Waals surface area contributed by atoms with E-state index in [9.17, 15) is 0 Å². The lowest BCUT2D eigenvalue weighted by molar-refractivity contribution is 0.248. The molecule has 244 valence electrons. The second-order valence-electron chi connectivity index (χ2n) is 11.9. The number of imidazole rings is 1. The van der Waals surface area contributed by atoms with Crippen LogP contribution in [0.1, 0.15) is 19.8 Å². The van der Waals surface area contributed by atoms with Crippen LogP contribution in [0, 0.1) is 0 Å². The third kappa shape index (κ3) is 5.81. The third-order valence-electron chi connectivity index (χ3n) is 9.15. The van der Waals surface area contributed by atoms with E-state index in [1.807, 2.05) is 29.8 Å². The first kappa shape index (κ1) is 31.4. The first-order chi connectivity index (χ1) is 22.9. The van der Waals surface area contributed by atoms with Crippen molar-refractivity contribution in [2.75, 3.05) is 64.3 Å². The number of nitrogens with one attached hydrogen (secondary N) is 1. The van der Waals surface area contributed by atoms with E-state index in [4.69, 9.17) is 47.4 Å². The molecule has 1 saturated carbocycles. The summed E-state index contributed by atoms with van der Waals surface area (Å²) in [5, 5.41) is 5.30. The number of anilines is 2. The van der Waals surface area contributed by atoms with Crippen LogP contribution in [0.2, 0.25) is 10.0 Å². The van der Waals surface area contributed by atoms with Crippen LogP contribution >= 0.6 is 23.2 Å². The fourth-order valence-electron chi connectivity index (χ4n) is 6.54. The molecule has 0 radical (unpaired) electrons. The van der Waals surface area contributed by atoms with Crippen LogP contribution in [0.15, 0.2) is 61.1 Å². The molecule has 1 N–H and O–H groups in total. The lowest BCUT2D eigenvalue weighted by Gasteiger charge is -2.37. The Morgan fingerprint density at radius 2 is 1.60 bits per heavy atom. The molecule has 2 aliphatic rings. The number of hydrogen-bond donors (Lipinski definition) is 1. The Labute approximate surface area is 284 Å². The lowest BCUT2D eigenvalue weighted by Crippen LogP contribution is -2.47. The molecule has 0 atom stereocenters. The van der Waals surface area contributed by atoms with Gasteiger partial charge in [0.05, 0.1) is 54.0 Å². The van der Waals surface area contributed by atoms with E-state index in [1.54, 1.807) is 33.6 Å². The van der Waals surface area contributed by atoms with Crippen LogP contribution in [0.25, 0.3) is 38.9 Å². The standard InChI is InChI=1S/C36H38Cl2N6O3/c1-5-6-9-39-27-17-24(30(45-2)19-29(27)43-14-12-42(13-15-43)23-7-8-23)26-18-28-22(21-41-26)16-25(36-40-10-11-44(28)36)33-34(37)31(46-3)20-32(47-4)35(33)38/h5-6,10-11,16-21,23,39H,7-9,12-15H2,1-4H3/b6-5+. The average Bonchev–Trinajstić information content (AvgIpc) is 3.83. The van der Waals surface area contributed by atoms with E-state index >= 15 is 0 Å². The van der Waals surface area contributed by atoms with Gasteiger partial charge in [-0.2, -0.15) is 0 Å². The summed E-state index contributed by atoms with van der Waals surface area (Å²) in [6, 6.07) is 10.9. The van der Waals surface area contributed by atoms with Crippen LogP contribution < -0.4 is 24.4 Å². The minimum atomic E-state index is 0.379. The van der Waals surface area contributed by atoms with Crippen molar-refractivity contribution in [3.05, 3.63) is 71.1 Å². The molecule has 9 nitrogen and oxygen atoms in total. The molecule has 47 heavy (non-hydrogen) atoms. The Hall–Kier alpha value is -4.18. The Kier molecular flexibility index (Phi) is 8.79. The fraction of sp³-hybridized carbons (Fsp3) is 0.333. The number of rotatable bonds is 10. The fourth-order valence-corrected chi connectivity index (χ4v) is 7.25. The van der Waals surface area contributed by atoms with Crippen molar-refractivity contribution < 1.29 is 14.2 Å². The number of nitrogens with zero attached hydrogens (tertiary/aromatic N) is 5. The summed E-state index contributed by atoms with van der Waals surface area (Å²) in [4.78, 5) is 14.8. The number of fused-ring (bicyclic) bond motifs is 3. The number of piperazine rings is 1. The van der Waals surface area contributed by atoms with E-state index in [0.717, 1.165) is 83.6 Å². The largest absolute Gasteiger partial charge is 0.496 e. The SMILES string of the molecule is C/C=C/CNc1cc(-c2cc3c(cn2)cc(-c2c(Cl)c(OC)cc(OC)c2Cl)c2nccn23)c(OC)cc1N1CCN(C2CC2)CC1. The number of methoxy groups -OCH3 is 3. The van der Waals surface area contributed by atoms with E-state index in [2.05, 4.69) is 45.5 Å². The number of hydrogen-bond acceptors (Lipinski definition) is 8. The van der Waals surface area contributed by atoms with Crippen molar-refractivity contribution in [1.29, 1.82) is 0 Å². The van der Waals surface area contributed by atoms with Gasteiger partial charge in [0.2, 0.25) is 0 Å². The van der Waals surface area contributed by atoms with E-state index in [1.165, 1.54) is 12.8 Å². The normalized spacial score (nSPS) is 15.6.